The van der Waals surface area contributed by atoms with Crippen molar-refractivity contribution in [1.29, 1.82) is 0 Å². The van der Waals surface area contributed by atoms with Crippen LogP contribution in [0, 0.1) is 5.92 Å². The average Bonchev–Trinajstić information content (AvgIpc) is 3.19. The Balaban J connectivity index is 1.36. The molecule has 0 saturated carbocycles. The number of nitrogens with zero attached hydrogens (tertiary/aromatic N) is 2. The summed E-state index contributed by atoms with van der Waals surface area (Å²) in [5, 5.41) is 2.98. The molecule has 1 aromatic heterocycles. The van der Waals surface area contributed by atoms with E-state index in [0.29, 0.717) is 38.2 Å². The fourth-order valence-corrected chi connectivity index (χ4v) is 3.58. The van der Waals surface area contributed by atoms with Gasteiger partial charge in [-0.05, 0) is 49.2 Å². The first-order valence-corrected chi connectivity index (χ1v) is 9.79. The molecule has 1 N–H and O–H groups in total. The first-order valence-electron chi connectivity index (χ1n) is 9.79. The Labute approximate surface area is 169 Å². The van der Waals surface area contributed by atoms with Crippen LogP contribution in [0.2, 0.25) is 0 Å². The van der Waals surface area contributed by atoms with Gasteiger partial charge in [-0.15, -0.1) is 6.58 Å². The van der Waals surface area contributed by atoms with Gasteiger partial charge in [-0.25, -0.2) is 4.98 Å². The molecule has 2 amide bonds. The standard InChI is InChI=1S/C23H23N3O3/c1-2-5-21(27)26-14-12-16(13-15-26)22(28)24-18-10-8-17(9-11-18)23-25-19-6-3-4-7-20(19)29-23/h2-4,6-11,16H,1,5,12-15H2,(H,24,28). The van der Waals surface area contributed by atoms with Crippen LogP contribution in [0.3, 0.4) is 0 Å². The Morgan fingerprint density at radius 1 is 1.14 bits per heavy atom. The molecule has 2 heterocycles. The summed E-state index contributed by atoms with van der Waals surface area (Å²) in [5.41, 5.74) is 3.16. The van der Waals surface area contributed by atoms with E-state index in [2.05, 4.69) is 16.9 Å². The zero-order valence-corrected chi connectivity index (χ0v) is 16.1. The summed E-state index contributed by atoms with van der Waals surface area (Å²) in [6.45, 7) is 4.83. The third-order valence-corrected chi connectivity index (χ3v) is 5.23. The number of aromatic nitrogens is 1. The normalized spacial score (nSPS) is 14.7. The summed E-state index contributed by atoms with van der Waals surface area (Å²) in [4.78, 5) is 30.8. The van der Waals surface area contributed by atoms with E-state index < -0.39 is 0 Å². The molecule has 29 heavy (non-hydrogen) atoms. The number of amides is 2. The van der Waals surface area contributed by atoms with E-state index >= 15 is 0 Å². The second-order valence-corrected chi connectivity index (χ2v) is 7.20. The molecule has 148 valence electrons. The number of fused-ring (bicyclic) bond motifs is 1. The van der Waals surface area contributed by atoms with Crippen molar-refractivity contribution in [3.8, 4) is 11.5 Å². The zero-order chi connectivity index (χ0) is 20.2. The maximum atomic E-state index is 12.6. The molecule has 6 heteroatoms. The molecule has 0 spiro atoms. The summed E-state index contributed by atoms with van der Waals surface area (Å²) < 4.78 is 5.78. The predicted molar refractivity (Wildman–Crippen MR) is 112 cm³/mol. The number of carbonyl (C=O) groups excluding carboxylic acids is 2. The van der Waals surface area contributed by atoms with Gasteiger partial charge in [-0.2, -0.15) is 0 Å². The number of hydrogen-bond acceptors (Lipinski definition) is 4. The highest BCUT2D eigenvalue weighted by atomic mass is 16.3. The molecular formula is C23H23N3O3. The number of rotatable bonds is 5. The number of carbonyl (C=O) groups is 2. The zero-order valence-electron chi connectivity index (χ0n) is 16.1. The molecule has 6 nitrogen and oxygen atoms in total. The molecule has 0 unspecified atom stereocenters. The summed E-state index contributed by atoms with van der Waals surface area (Å²) in [5.74, 6) is 0.546. The molecule has 0 aliphatic carbocycles. The average molecular weight is 389 g/mol. The number of benzene rings is 2. The van der Waals surface area contributed by atoms with E-state index in [-0.39, 0.29) is 17.7 Å². The summed E-state index contributed by atoms with van der Waals surface area (Å²) in [7, 11) is 0. The molecule has 0 bridgehead atoms. The molecule has 3 aromatic rings. The van der Waals surface area contributed by atoms with Gasteiger partial charge in [0.2, 0.25) is 17.7 Å². The molecule has 4 rings (SSSR count). The van der Waals surface area contributed by atoms with Crippen LogP contribution in [0.5, 0.6) is 0 Å². The van der Waals surface area contributed by atoms with Crippen LogP contribution in [0.15, 0.2) is 65.6 Å². The molecule has 2 aromatic carbocycles. The molecule has 0 atom stereocenters. The lowest BCUT2D eigenvalue weighted by atomic mass is 9.95. The second kappa shape index (κ2) is 8.31. The van der Waals surface area contributed by atoms with Gasteiger partial charge < -0.3 is 14.6 Å². The number of likely N-dealkylation sites (tertiary alicyclic amines) is 1. The molecule has 1 fully saturated rings. The number of anilines is 1. The maximum absolute atomic E-state index is 12.6. The van der Waals surface area contributed by atoms with Crippen molar-refractivity contribution in [2.45, 2.75) is 19.3 Å². The number of para-hydroxylation sites is 2. The Morgan fingerprint density at radius 3 is 2.55 bits per heavy atom. The third-order valence-electron chi connectivity index (χ3n) is 5.23. The molecule has 0 radical (unpaired) electrons. The highest BCUT2D eigenvalue weighted by Gasteiger charge is 2.26. The largest absolute Gasteiger partial charge is 0.436 e. The summed E-state index contributed by atoms with van der Waals surface area (Å²) in [6, 6.07) is 15.1. The van der Waals surface area contributed by atoms with Crippen LogP contribution in [-0.4, -0.2) is 34.8 Å². The summed E-state index contributed by atoms with van der Waals surface area (Å²) in [6.07, 6.45) is 3.32. The van der Waals surface area contributed by atoms with Gasteiger partial charge in [-0.3, -0.25) is 9.59 Å². The first kappa shape index (κ1) is 18.9. The van der Waals surface area contributed by atoms with Crippen molar-refractivity contribution in [3.05, 3.63) is 61.2 Å². The van der Waals surface area contributed by atoms with Gasteiger partial charge in [0.1, 0.15) is 5.52 Å². The lowest BCUT2D eigenvalue weighted by molar-refractivity contribution is -0.133. The fourth-order valence-electron chi connectivity index (χ4n) is 3.58. The Bertz CT molecular complexity index is 998. The SMILES string of the molecule is C=CCC(=O)N1CCC(C(=O)Nc2ccc(-c3nc4ccccc4o3)cc2)CC1. The van der Waals surface area contributed by atoms with Crippen molar-refractivity contribution < 1.29 is 14.0 Å². The lowest BCUT2D eigenvalue weighted by Crippen LogP contribution is -2.41. The second-order valence-electron chi connectivity index (χ2n) is 7.20. The predicted octanol–water partition coefficient (Wildman–Crippen LogP) is 4.25. The first-order chi connectivity index (χ1) is 14.1. The molecule has 1 aliphatic rings. The Hall–Kier alpha value is -3.41. The Kier molecular flexibility index (Phi) is 5.42. The molecular weight excluding hydrogens is 366 g/mol. The minimum Gasteiger partial charge on any atom is -0.436 e. The molecule has 1 saturated heterocycles. The van der Waals surface area contributed by atoms with Crippen molar-refractivity contribution in [2.24, 2.45) is 5.92 Å². The van der Waals surface area contributed by atoms with Gasteiger partial charge in [0, 0.05) is 36.7 Å². The van der Waals surface area contributed by atoms with Gasteiger partial charge in [-0.1, -0.05) is 18.2 Å². The van der Waals surface area contributed by atoms with E-state index in [9.17, 15) is 9.59 Å². The van der Waals surface area contributed by atoms with Crippen molar-refractivity contribution >= 4 is 28.6 Å². The van der Waals surface area contributed by atoms with Gasteiger partial charge in [0.15, 0.2) is 5.58 Å². The van der Waals surface area contributed by atoms with E-state index in [0.717, 1.165) is 22.4 Å². The lowest BCUT2D eigenvalue weighted by Gasteiger charge is -2.31. The topological polar surface area (TPSA) is 75.4 Å². The van der Waals surface area contributed by atoms with E-state index in [1.807, 2.05) is 48.5 Å². The third kappa shape index (κ3) is 4.21. The van der Waals surface area contributed by atoms with E-state index in [1.165, 1.54) is 0 Å². The highest BCUT2D eigenvalue weighted by Crippen LogP contribution is 2.26. The van der Waals surface area contributed by atoms with E-state index in [1.54, 1.807) is 11.0 Å². The van der Waals surface area contributed by atoms with Crippen LogP contribution in [0.25, 0.3) is 22.6 Å². The van der Waals surface area contributed by atoms with Gasteiger partial charge in [0.05, 0.1) is 0 Å². The monoisotopic (exact) mass is 389 g/mol. The van der Waals surface area contributed by atoms with Gasteiger partial charge >= 0.3 is 0 Å². The number of piperidine rings is 1. The van der Waals surface area contributed by atoms with Crippen molar-refractivity contribution in [2.75, 3.05) is 18.4 Å². The van der Waals surface area contributed by atoms with Gasteiger partial charge in [0.25, 0.3) is 0 Å². The Morgan fingerprint density at radius 2 is 1.86 bits per heavy atom. The maximum Gasteiger partial charge on any atom is 0.227 e. The highest BCUT2D eigenvalue weighted by molar-refractivity contribution is 5.93. The number of oxazole rings is 1. The van der Waals surface area contributed by atoms with Crippen molar-refractivity contribution in [3.63, 3.8) is 0 Å². The van der Waals surface area contributed by atoms with Crippen molar-refractivity contribution in [1.82, 2.24) is 9.88 Å². The van der Waals surface area contributed by atoms with Crippen LogP contribution in [0.4, 0.5) is 5.69 Å². The smallest absolute Gasteiger partial charge is 0.227 e. The summed E-state index contributed by atoms with van der Waals surface area (Å²) >= 11 is 0. The molecule has 1 aliphatic heterocycles. The van der Waals surface area contributed by atoms with Crippen LogP contribution in [0.1, 0.15) is 19.3 Å². The van der Waals surface area contributed by atoms with Crippen LogP contribution >= 0.6 is 0 Å². The van der Waals surface area contributed by atoms with Crippen LogP contribution < -0.4 is 5.32 Å². The van der Waals surface area contributed by atoms with E-state index in [4.69, 9.17) is 4.42 Å². The number of hydrogen-bond donors (Lipinski definition) is 1. The minimum absolute atomic E-state index is 0.00423. The van der Waals surface area contributed by atoms with Crippen LogP contribution in [-0.2, 0) is 9.59 Å². The number of nitrogens with one attached hydrogen (secondary N) is 1. The fraction of sp³-hybridized carbons (Fsp3) is 0.261. The minimum atomic E-state index is -0.0838. The quantitative estimate of drug-likeness (QED) is 0.662.